The van der Waals surface area contributed by atoms with E-state index in [9.17, 15) is 9.50 Å². The van der Waals surface area contributed by atoms with Gasteiger partial charge in [-0.3, -0.25) is 0 Å². The molecule has 0 heterocycles. The van der Waals surface area contributed by atoms with Gasteiger partial charge in [0, 0.05) is 13.7 Å². The Morgan fingerprint density at radius 1 is 1.47 bits per heavy atom. The first kappa shape index (κ1) is 14.4. The first-order chi connectivity index (χ1) is 8.02. The van der Waals surface area contributed by atoms with Gasteiger partial charge in [0.05, 0.1) is 11.1 Å². The van der Waals surface area contributed by atoms with Crippen LogP contribution in [0.4, 0.5) is 4.39 Å². The highest BCUT2D eigenvalue weighted by atomic mass is 35.5. The second-order valence-electron chi connectivity index (χ2n) is 4.40. The lowest BCUT2D eigenvalue weighted by Gasteiger charge is -2.15. The summed E-state index contributed by atoms with van der Waals surface area (Å²) in [4.78, 5) is 0. The van der Waals surface area contributed by atoms with Crippen LogP contribution >= 0.6 is 11.6 Å². The number of hydrogen-bond donors (Lipinski definition) is 1. The van der Waals surface area contributed by atoms with E-state index >= 15 is 0 Å². The minimum Gasteiger partial charge on any atom is -0.393 e. The van der Waals surface area contributed by atoms with Crippen molar-refractivity contribution in [2.45, 2.75) is 25.9 Å². The van der Waals surface area contributed by atoms with Gasteiger partial charge in [-0.15, -0.1) is 0 Å². The quantitative estimate of drug-likeness (QED) is 0.852. The summed E-state index contributed by atoms with van der Waals surface area (Å²) in [5.41, 5.74) is 0.841. The van der Waals surface area contributed by atoms with Gasteiger partial charge < -0.3 is 9.84 Å². The van der Waals surface area contributed by atoms with Crippen molar-refractivity contribution >= 4 is 11.6 Å². The van der Waals surface area contributed by atoms with Gasteiger partial charge in [0.2, 0.25) is 0 Å². The molecular weight excluding hydrogens is 243 g/mol. The molecule has 2 unspecified atom stereocenters. The molecule has 2 nitrogen and oxygen atoms in total. The molecule has 1 aromatic carbocycles. The minimum absolute atomic E-state index is 0.0969. The van der Waals surface area contributed by atoms with Crippen molar-refractivity contribution < 1.29 is 14.2 Å². The summed E-state index contributed by atoms with van der Waals surface area (Å²) in [5.74, 6) is -0.136. The van der Waals surface area contributed by atoms with Crippen LogP contribution < -0.4 is 0 Å². The molecule has 0 saturated carbocycles. The molecule has 0 spiro atoms. The maximum Gasteiger partial charge on any atom is 0.141 e. The van der Waals surface area contributed by atoms with Crippen LogP contribution in [0.5, 0.6) is 0 Å². The van der Waals surface area contributed by atoms with E-state index in [0.29, 0.717) is 25.4 Å². The van der Waals surface area contributed by atoms with Crippen molar-refractivity contribution in [3.63, 3.8) is 0 Å². The number of rotatable bonds is 6. The van der Waals surface area contributed by atoms with Gasteiger partial charge in [0.15, 0.2) is 0 Å². The Hall–Kier alpha value is -0.640. The summed E-state index contributed by atoms with van der Waals surface area (Å²) in [6.07, 6.45) is 0.679. The average molecular weight is 261 g/mol. The summed E-state index contributed by atoms with van der Waals surface area (Å²) >= 11 is 5.68. The van der Waals surface area contributed by atoms with Crippen molar-refractivity contribution in [3.05, 3.63) is 34.6 Å². The van der Waals surface area contributed by atoms with Crippen LogP contribution in [0.15, 0.2) is 18.2 Å². The summed E-state index contributed by atoms with van der Waals surface area (Å²) in [7, 11) is 1.64. The molecule has 0 radical (unpaired) electrons. The van der Waals surface area contributed by atoms with Crippen molar-refractivity contribution in [1.82, 2.24) is 0 Å². The maximum atomic E-state index is 12.9. The highest BCUT2D eigenvalue weighted by molar-refractivity contribution is 6.30. The van der Waals surface area contributed by atoms with E-state index < -0.39 is 11.9 Å². The summed E-state index contributed by atoms with van der Waals surface area (Å²) < 4.78 is 17.9. The van der Waals surface area contributed by atoms with Crippen LogP contribution in [0.2, 0.25) is 5.02 Å². The van der Waals surface area contributed by atoms with E-state index in [1.807, 2.05) is 6.92 Å². The Morgan fingerprint density at radius 3 is 2.76 bits per heavy atom. The lowest BCUT2D eigenvalue weighted by Crippen LogP contribution is -2.17. The number of methoxy groups -OCH3 is 1. The molecule has 0 aliphatic carbocycles. The summed E-state index contributed by atoms with van der Waals surface area (Å²) in [6.45, 7) is 2.64. The fourth-order valence-corrected chi connectivity index (χ4v) is 2.04. The number of halogens is 2. The van der Waals surface area contributed by atoms with E-state index in [4.69, 9.17) is 16.3 Å². The van der Waals surface area contributed by atoms with Crippen LogP contribution in [0.3, 0.4) is 0 Å². The first-order valence-electron chi connectivity index (χ1n) is 5.64. The maximum absolute atomic E-state index is 12.9. The molecule has 0 bridgehead atoms. The topological polar surface area (TPSA) is 29.5 Å². The predicted octanol–water partition coefficient (Wildman–Crippen LogP) is 3.06. The monoisotopic (exact) mass is 260 g/mol. The zero-order valence-corrected chi connectivity index (χ0v) is 10.9. The van der Waals surface area contributed by atoms with Crippen LogP contribution in [0, 0.1) is 11.7 Å². The van der Waals surface area contributed by atoms with Gasteiger partial charge in [0.25, 0.3) is 0 Å². The normalized spacial score (nSPS) is 14.6. The third-order valence-electron chi connectivity index (χ3n) is 2.58. The first-order valence-corrected chi connectivity index (χ1v) is 6.01. The van der Waals surface area contributed by atoms with E-state index in [0.717, 1.165) is 5.56 Å². The zero-order chi connectivity index (χ0) is 12.8. The Labute approximate surface area is 106 Å². The van der Waals surface area contributed by atoms with E-state index in [-0.39, 0.29) is 5.02 Å². The molecule has 0 aromatic heterocycles. The van der Waals surface area contributed by atoms with Gasteiger partial charge in [0.1, 0.15) is 5.82 Å². The van der Waals surface area contributed by atoms with E-state index in [1.165, 1.54) is 6.07 Å². The van der Waals surface area contributed by atoms with Gasteiger partial charge in [-0.2, -0.15) is 0 Å². The summed E-state index contributed by atoms with van der Waals surface area (Å²) in [6, 6.07) is 4.52. The van der Waals surface area contributed by atoms with Crippen molar-refractivity contribution in [2.24, 2.45) is 5.92 Å². The molecule has 4 heteroatoms. The molecule has 96 valence electrons. The number of benzene rings is 1. The zero-order valence-electron chi connectivity index (χ0n) is 10.1. The third kappa shape index (κ3) is 5.02. The second kappa shape index (κ2) is 6.94. The van der Waals surface area contributed by atoms with Crippen molar-refractivity contribution in [2.75, 3.05) is 13.7 Å². The SMILES string of the molecule is COCC(C)CC(O)Cc1ccc(F)c(Cl)c1. The number of ether oxygens (including phenoxy) is 1. The van der Waals surface area contributed by atoms with Gasteiger partial charge in [-0.1, -0.05) is 24.6 Å². The second-order valence-corrected chi connectivity index (χ2v) is 4.81. The van der Waals surface area contributed by atoms with Gasteiger partial charge >= 0.3 is 0 Å². The molecular formula is C13H18ClFO2. The van der Waals surface area contributed by atoms with Crippen molar-refractivity contribution in [1.29, 1.82) is 0 Å². The molecule has 17 heavy (non-hydrogen) atoms. The highest BCUT2D eigenvalue weighted by Crippen LogP contribution is 2.18. The number of aliphatic hydroxyl groups excluding tert-OH is 1. The fourth-order valence-electron chi connectivity index (χ4n) is 1.84. The third-order valence-corrected chi connectivity index (χ3v) is 2.87. The molecule has 0 saturated heterocycles. The molecule has 0 aliphatic heterocycles. The van der Waals surface area contributed by atoms with Crippen LogP contribution in [-0.4, -0.2) is 24.9 Å². The molecule has 1 rings (SSSR count). The number of hydrogen-bond acceptors (Lipinski definition) is 2. The molecule has 0 aliphatic rings. The average Bonchev–Trinajstić information content (AvgIpc) is 2.23. The Balaban J connectivity index is 2.50. The Bertz CT molecular complexity index is 357. The molecule has 0 amide bonds. The smallest absolute Gasteiger partial charge is 0.141 e. The van der Waals surface area contributed by atoms with E-state index in [2.05, 4.69) is 0 Å². The minimum atomic E-state index is -0.457. The Kier molecular flexibility index (Phi) is 5.89. The van der Waals surface area contributed by atoms with Crippen LogP contribution in [0.25, 0.3) is 0 Å². The standard InChI is InChI=1S/C13H18ClFO2/c1-9(8-17-2)5-11(16)6-10-3-4-13(15)12(14)7-10/h3-4,7,9,11,16H,5-6,8H2,1-2H3. The lowest BCUT2D eigenvalue weighted by molar-refractivity contribution is 0.102. The lowest BCUT2D eigenvalue weighted by atomic mass is 9.99. The molecule has 0 fully saturated rings. The van der Waals surface area contributed by atoms with E-state index in [1.54, 1.807) is 19.2 Å². The van der Waals surface area contributed by atoms with Gasteiger partial charge in [-0.05, 0) is 36.5 Å². The highest BCUT2D eigenvalue weighted by Gasteiger charge is 2.12. The van der Waals surface area contributed by atoms with Crippen LogP contribution in [0.1, 0.15) is 18.9 Å². The fraction of sp³-hybridized carbons (Fsp3) is 0.538. The van der Waals surface area contributed by atoms with Gasteiger partial charge in [-0.25, -0.2) is 4.39 Å². The Morgan fingerprint density at radius 2 is 2.18 bits per heavy atom. The largest absolute Gasteiger partial charge is 0.393 e. The molecule has 1 N–H and O–H groups in total. The van der Waals surface area contributed by atoms with Crippen molar-refractivity contribution in [3.8, 4) is 0 Å². The summed E-state index contributed by atoms with van der Waals surface area (Å²) in [5, 5.41) is 9.96. The number of aliphatic hydroxyl groups is 1. The molecule has 2 atom stereocenters. The predicted molar refractivity (Wildman–Crippen MR) is 66.8 cm³/mol. The van der Waals surface area contributed by atoms with Crippen LogP contribution in [-0.2, 0) is 11.2 Å². The molecule has 1 aromatic rings.